The first-order valence-electron chi connectivity index (χ1n) is 13.9. The van der Waals surface area contributed by atoms with Crippen LogP contribution in [0.3, 0.4) is 0 Å². The molecule has 1 N–H and O–H groups in total. The second-order valence-corrected chi connectivity index (χ2v) is 17.1. The van der Waals surface area contributed by atoms with Crippen molar-refractivity contribution in [2.24, 2.45) is 0 Å². The van der Waals surface area contributed by atoms with Crippen molar-refractivity contribution in [2.45, 2.75) is 57.9 Å². The maximum atomic E-state index is 12.7. The molecule has 4 aromatic rings. The average molecular weight is 559 g/mol. The summed E-state index contributed by atoms with van der Waals surface area (Å²) in [6.07, 6.45) is 7.06. The highest BCUT2D eigenvalue weighted by Gasteiger charge is 2.26. The third-order valence-corrected chi connectivity index (χ3v) is 8.70. The van der Waals surface area contributed by atoms with E-state index < -0.39 is 8.07 Å². The van der Waals surface area contributed by atoms with Crippen LogP contribution < -0.4 is 5.32 Å². The van der Waals surface area contributed by atoms with Crippen LogP contribution in [-0.2, 0) is 22.8 Å². The summed E-state index contributed by atoms with van der Waals surface area (Å²) in [5.41, 5.74) is 4.21. The molecule has 0 spiro atoms. The second kappa shape index (κ2) is 12.6. The number of hydrogen-bond acceptors (Lipinski definition) is 7. The number of benzene rings is 1. The van der Waals surface area contributed by atoms with Crippen molar-refractivity contribution in [2.75, 3.05) is 25.0 Å². The van der Waals surface area contributed by atoms with Gasteiger partial charge in [0, 0.05) is 51.8 Å². The average Bonchev–Trinajstić information content (AvgIpc) is 3.37. The van der Waals surface area contributed by atoms with Gasteiger partial charge in [0.05, 0.1) is 11.9 Å². The van der Waals surface area contributed by atoms with E-state index in [9.17, 15) is 4.79 Å². The molecule has 210 valence electrons. The van der Waals surface area contributed by atoms with Gasteiger partial charge in [0.1, 0.15) is 24.7 Å². The van der Waals surface area contributed by atoms with Gasteiger partial charge in [-0.25, -0.2) is 19.7 Å². The van der Waals surface area contributed by atoms with E-state index in [1.807, 2.05) is 59.3 Å². The number of likely N-dealkylation sites (tertiary alicyclic amines) is 1. The highest BCUT2D eigenvalue weighted by atomic mass is 28.3. The van der Waals surface area contributed by atoms with Crippen molar-refractivity contribution in [3.05, 3.63) is 72.7 Å². The Hall–Kier alpha value is -3.76. The summed E-state index contributed by atoms with van der Waals surface area (Å²) in [5.74, 6) is 0.731. The molecule has 0 radical (unpaired) electrons. The normalized spacial score (nSPS) is 15.8. The fourth-order valence-electron chi connectivity index (χ4n) is 4.73. The molecule has 0 aliphatic carbocycles. The van der Waals surface area contributed by atoms with E-state index in [0.29, 0.717) is 19.8 Å². The minimum Gasteiger partial charge on any atom is -0.445 e. The number of pyridine rings is 1. The van der Waals surface area contributed by atoms with Crippen LogP contribution in [0.25, 0.3) is 22.4 Å². The molecule has 4 heterocycles. The molecular formula is C30H38N6O3Si. The molecule has 40 heavy (non-hydrogen) atoms. The quantitative estimate of drug-likeness (QED) is 0.188. The minimum absolute atomic E-state index is 0.0535. The lowest BCUT2D eigenvalue weighted by Gasteiger charge is -2.33. The number of carbonyl (C=O) groups excluding carboxylic acids is 1. The SMILES string of the molecule is C[Si](C)(C)CCOCn1ccc2nc(-c3cccnc3NC3CCCN(C(=O)OCc4ccccc4)C3)cnc21. The lowest BCUT2D eigenvalue weighted by Crippen LogP contribution is -2.45. The van der Waals surface area contributed by atoms with Gasteiger partial charge in [-0.1, -0.05) is 50.0 Å². The molecule has 3 aromatic heterocycles. The molecule has 1 unspecified atom stereocenters. The van der Waals surface area contributed by atoms with Gasteiger partial charge in [0.2, 0.25) is 0 Å². The van der Waals surface area contributed by atoms with Gasteiger partial charge in [-0.2, -0.15) is 0 Å². The van der Waals surface area contributed by atoms with Crippen LogP contribution in [0.15, 0.2) is 67.1 Å². The van der Waals surface area contributed by atoms with Crippen molar-refractivity contribution < 1.29 is 14.3 Å². The Morgan fingerprint density at radius 2 is 1.95 bits per heavy atom. The Bertz CT molecular complexity index is 1420. The predicted octanol–water partition coefficient (Wildman–Crippen LogP) is 6.02. The Balaban J connectivity index is 1.23. The van der Waals surface area contributed by atoms with E-state index in [2.05, 4.69) is 29.9 Å². The molecular weight excluding hydrogens is 520 g/mol. The summed E-state index contributed by atoms with van der Waals surface area (Å²) < 4.78 is 13.5. The number of ether oxygens (including phenoxy) is 2. The molecule has 9 nitrogen and oxygen atoms in total. The maximum Gasteiger partial charge on any atom is 0.410 e. The molecule has 1 aliphatic heterocycles. The van der Waals surface area contributed by atoms with E-state index in [1.165, 1.54) is 0 Å². The van der Waals surface area contributed by atoms with Crippen LogP contribution in [0.1, 0.15) is 18.4 Å². The number of nitrogens with one attached hydrogen (secondary N) is 1. The summed E-state index contributed by atoms with van der Waals surface area (Å²) in [6.45, 7) is 9.77. The number of amides is 1. The molecule has 1 fully saturated rings. The van der Waals surface area contributed by atoms with Gasteiger partial charge in [0.25, 0.3) is 0 Å². The molecule has 5 rings (SSSR count). The van der Waals surface area contributed by atoms with Crippen LogP contribution in [0, 0.1) is 0 Å². The number of nitrogens with zero attached hydrogens (tertiary/aromatic N) is 5. The Morgan fingerprint density at radius 3 is 2.77 bits per heavy atom. The molecule has 0 saturated carbocycles. The van der Waals surface area contributed by atoms with Crippen LogP contribution in [-0.4, -0.2) is 64.3 Å². The smallest absolute Gasteiger partial charge is 0.410 e. The fraction of sp³-hybridized carbons (Fsp3) is 0.400. The Morgan fingerprint density at radius 1 is 1.10 bits per heavy atom. The van der Waals surface area contributed by atoms with Crippen LogP contribution in [0.4, 0.5) is 10.6 Å². The number of hydrogen-bond donors (Lipinski definition) is 1. The van der Waals surface area contributed by atoms with E-state index in [4.69, 9.17) is 19.4 Å². The van der Waals surface area contributed by atoms with Gasteiger partial charge in [-0.05, 0) is 42.6 Å². The summed E-state index contributed by atoms with van der Waals surface area (Å²) in [7, 11) is -1.13. The minimum atomic E-state index is -1.13. The Labute approximate surface area is 236 Å². The monoisotopic (exact) mass is 558 g/mol. The first-order valence-corrected chi connectivity index (χ1v) is 17.6. The van der Waals surface area contributed by atoms with Crippen molar-refractivity contribution in [3.8, 4) is 11.3 Å². The second-order valence-electron chi connectivity index (χ2n) is 11.5. The summed E-state index contributed by atoms with van der Waals surface area (Å²) >= 11 is 0. The summed E-state index contributed by atoms with van der Waals surface area (Å²) in [4.78, 5) is 28.7. The molecule has 1 saturated heterocycles. The third-order valence-electron chi connectivity index (χ3n) is 7.00. The lowest BCUT2D eigenvalue weighted by molar-refractivity contribution is 0.0874. The van der Waals surface area contributed by atoms with E-state index in [1.54, 1.807) is 17.3 Å². The zero-order chi connectivity index (χ0) is 28.0. The topological polar surface area (TPSA) is 94.4 Å². The summed E-state index contributed by atoms with van der Waals surface area (Å²) in [5, 5.41) is 3.56. The maximum absolute atomic E-state index is 12.7. The van der Waals surface area contributed by atoms with Crippen LogP contribution in [0.2, 0.25) is 25.7 Å². The summed E-state index contributed by atoms with van der Waals surface area (Å²) in [6, 6.07) is 16.8. The number of anilines is 1. The predicted molar refractivity (Wildman–Crippen MR) is 160 cm³/mol. The van der Waals surface area contributed by atoms with Gasteiger partial charge < -0.3 is 24.3 Å². The lowest BCUT2D eigenvalue weighted by atomic mass is 10.1. The van der Waals surface area contributed by atoms with E-state index in [-0.39, 0.29) is 18.7 Å². The number of fused-ring (bicyclic) bond motifs is 1. The van der Waals surface area contributed by atoms with Gasteiger partial charge in [0.15, 0.2) is 5.65 Å². The van der Waals surface area contributed by atoms with Gasteiger partial charge in [-0.3, -0.25) is 0 Å². The third kappa shape index (κ3) is 7.25. The van der Waals surface area contributed by atoms with Crippen LogP contribution in [0.5, 0.6) is 0 Å². The molecule has 10 heteroatoms. The molecule has 1 aliphatic rings. The van der Waals surface area contributed by atoms with E-state index in [0.717, 1.165) is 59.3 Å². The zero-order valence-electron chi connectivity index (χ0n) is 23.5. The largest absolute Gasteiger partial charge is 0.445 e. The highest BCUT2D eigenvalue weighted by molar-refractivity contribution is 6.76. The molecule has 1 aromatic carbocycles. The molecule has 1 atom stereocenters. The van der Waals surface area contributed by atoms with Crippen molar-refractivity contribution in [3.63, 3.8) is 0 Å². The zero-order valence-corrected chi connectivity index (χ0v) is 24.5. The van der Waals surface area contributed by atoms with Crippen molar-refractivity contribution in [1.29, 1.82) is 0 Å². The van der Waals surface area contributed by atoms with Gasteiger partial charge >= 0.3 is 6.09 Å². The molecule has 1 amide bonds. The molecule has 0 bridgehead atoms. The number of rotatable bonds is 10. The number of piperidine rings is 1. The highest BCUT2D eigenvalue weighted by Crippen LogP contribution is 2.27. The number of carbonyl (C=O) groups is 1. The standard InChI is InChI=1S/C30H38N6O3Si/c1-40(2,3)18-17-38-22-36-16-13-26-29(36)32-19-27(34-26)25-12-7-14-31-28(25)33-24-11-8-15-35(20-24)30(37)39-21-23-9-5-4-6-10-23/h4-7,9-10,12-14,16,19,24H,8,11,15,17-18,20-22H2,1-3H3,(H,31,33). The number of aromatic nitrogens is 4. The Kier molecular flexibility index (Phi) is 8.76. The van der Waals surface area contributed by atoms with Crippen molar-refractivity contribution in [1.82, 2.24) is 24.4 Å². The van der Waals surface area contributed by atoms with Gasteiger partial charge in [-0.15, -0.1) is 0 Å². The van der Waals surface area contributed by atoms with Crippen molar-refractivity contribution >= 4 is 31.1 Å². The fourth-order valence-corrected chi connectivity index (χ4v) is 5.48. The van der Waals surface area contributed by atoms with E-state index >= 15 is 0 Å². The first kappa shape index (κ1) is 27.8. The first-order chi connectivity index (χ1) is 19.4. The van der Waals surface area contributed by atoms with Crippen LogP contribution >= 0.6 is 0 Å².